The smallest absolute Gasteiger partial charge is 0.342 e. The van der Waals surface area contributed by atoms with Gasteiger partial charge in [0.25, 0.3) is 12.3 Å². The lowest BCUT2D eigenvalue weighted by atomic mass is 9.93. The van der Waals surface area contributed by atoms with Crippen molar-refractivity contribution in [2.24, 2.45) is 0 Å². The number of ether oxygens (including phenoxy) is 1. The zero-order chi connectivity index (χ0) is 17.2. The third kappa shape index (κ3) is 3.80. The van der Waals surface area contributed by atoms with Crippen molar-refractivity contribution in [2.45, 2.75) is 38.5 Å². The molecule has 126 valence electrons. The molecule has 4 nitrogen and oxygen atoms in total. The summed E-state index contributed by atoms with van der Waals surface area (Å²) in [4.78, 5) is 15.7. The van der Waals surface area contributed by atoms with Gasteiger partial charge in [-0.3, -0.25) is 0 Å². The largest absolute Gasteiger partial charge is 0.462 e. The number of pyridine rings is 1. The lowest BCUT2D eigenvalue weighted by molar-refractivity contribution is -0.00606. The quantitative estimate of drug-likeness (QED) is 0.669. The average Bonchev–Trinajstić information content (AvgIpc) is 2.46. The van der Waals surface area contributed by atoms with Gasteiger partial charge in [0.05, 0.1) is 12.3 Å². The highest BCUT2D eigenvalue weighted by Crippen LogP contribution is 2.37. The van der Waals surface area contributed by atoms with Gasteiger partial charge >= 0.3 is 5.97 Å². The number of hydrogen-bond acceptors (Lipinski definition) is 4. The van der Waals surface area contributed by atoms with E-state index in [1.165, 1.54) is 13.0 Å². The number of allylic oxidation sites excluding steroid dienone is 2. The molecule has 8 heteroatoms. The fourth-order valence-corrected chi connectivity index (χ4v) is 2.37. The number of nitrogen functional groups attached to an aromatic ring is 1. The number of alkyl halides is 4. The van der Waals surface area contributed by atoms with Crippen molar-refractivity contribution in [1.29, 1.82) is 0 Å². The number of nitrogens with two attached hydrogens (primary N) is 1. The zero-order valence-electron chi connectivity index (χ0n) is 12.4. The van der Waals surface area contributed by atoms with Crippen molar-refractivity contribution in [1.82, 2.24) is 4.98 Å². The zero-order valence-corrected chi connectivity index (χ0v) is 12.4. The van der Waals surface area contributed by atoms with Crippen LogP contribution in [0.2, 0.25) is 0 Å². The van der Waals surface area contributed by atoms with Crippen molar-refractivity contribution >= 4 is 17.4 Å². The van der Waals surface area contributed by atoms with Gasteiger partial charge in [-0.25, -0.2) is 27.3 Å². The number of anilines is 1. The van der Waals surface area contributed by atoms with Crippen LogP contribution in [0.25, 0.3) is 5.57 Å². The summed E-state index contributed by atoms with van der Waals surface area (Å²) in [5.74, 6) is -4.18. The van der Waals surface area contributed by atoms with E-state index in [2.05, 4.69) is 4.98 Å². The summed E-state index contributed by atoms with van der Waals surface area (Å²) in [5.41, 5.74) is 5.05. The summed E-state index contributed by atoms with van der Waals surface area (Å²) < 4.78 is 57.5. The molecule has 2 rings (SSSR count). The molecule has 0 bridgehead atoms. The summed E-state index contributed by atoms with van der Waals surface area (Å²) in [6.45, 7) is 1.54. The molecule has 0 saturated carbocycles. The first-order valence-corrected chi connectivity index (χ1v) is 7.08. The van der Waals surface area contributed by atoms with Crippen molar-refractivity contribution in [2.75, 3.05) is 12.3 Å². The minimum Gasteiger partial charge on any atom is -0.462 e. The summed E-state index contributed by atoms with van der Waals surface area (Å²) in [6, 6.07) is 1.02. The van der Waals surface area contributed by atoms with Crippen LogP contribution in [-0.2, 0) is 4.74 Å². The number of carbonyl (C=O) groups is 1. The number of aromatic nitrogens is 1. The molecule has 1 aromatic rings. The van der Waals surface area contributed by atoms with Crippen LogP contribution in [0.3, 0.4) is 0 Å². The molecule has 1 aliphatic rings. The van der Waals surface area contributed by atoms with Crippen LogP contribution in [0.4, 0.5) is 23.4 Å². The van der Waals surface area contributed by atoms with Crippen LogP contribution in [0, 0.1) is 0 Å². The van der Waals surface area contributed by atoms with Gasteiger partial charge in [-0.05, 0) is 25.0 Å². The van der Waals surface area contributed by atoms with E-state index < -0.39 is 41.7 Å². The lowest BCUT2D eigenvalue weighted by Crippen LogP contribution is -2.19. The number of hydrogen-bond donors (Lipinski definition) is 1. The molecular formula is C15H16F4N2O2. The predicted octanol–water partition coefficient (Wildman–Crippen LogP) is 3.98. The van der Waals surface area contributed by atoms with E-state index in [4.69, 9.17) is 10.5 Å². The van der Waals surface area contributed by atoms with Crippen LogP contribution in [0.15, 0.2) is 12.1 Å². The Bertz CT molecular complexity index is 645. The molecule has 1 heterocycles. The van der Waals surface area contributed by atoms with Crippen LogP contribution < -0.4 is 5.73 Å². The normalized spacial score (nSPS) is 17.0. The third-order valence-corrected chi connectivity index (χ3v) is 3.53. The van der Waals surface area contributed by atoms with E-state index in [-0.39, 0.29) is 25.1 Å². The SMILES string of the molecule is CCOC(=O)c1c(C(F)F)cc(C2=CCC(F)(F)CC2)nc1N. The summed E-state index contributed by atoms with van der Waals surface area (Å²) in [7, 11) is 0. The molecule has 0 spiro atoms. The highest BCUT2D eigenvalue weighted by Gasteiger charge is 2.32. The second kappa shape index (κ2) is 6.55. The second-order valence-corrected chi connectivity index (χ2v) is 5.17. The van der Waals surface area contributed by atoms with Crippen molar-refractivity contribution in [3.63, 3.8) is 0 Å². The molecule has 0 fully saturated rings. The molecule has 0 amide bonds. The molecule has 1 aliphatic carbocycles. The average molecular weight is 332 g/mol. The first kappa shape index (κ1) is 17.2. The Morgan fingerprint density at radius 1 is 1.48 bits per heavy atom. The highest BCUT2D eigenvalue weighted by molar-refractivity contribution is 5.96. The van der Waals surface area contributed by atoms with E-state index in [9.17, 15) is 22.4 Å². The van der Waals surface area contributed by atoms with Crippen molar-refractivity contribution < 1.29 is 27.1 Å². The highest BCUT2D eigenvalue weighted by atomic mass is 19.3. The predicted molar refractivity (Wildman–Crippen MR) is 76.3 cm³/mol. The van der Waals surface area contributed by atoms with Gasteiger partial charge in [0, 0.05) is 18.4 Å². The van der Waals surface area contributed by atoms with E-state index in [1.54, 1.807) is 0 Å². The van der Waals surface area contributed by atoms with Gasteiger partial charge < -0.3 is 10.5 Å². The first-order valence-electron chi connectivity index (χ1n) is 7.08. The molecule has 0 saturated heterocycles. The van der Waals surface area contributed by atoms with Gasteiger partial charge in [-0.15, -0.1) is 0 Å². The van der Waals surface area contributed by atoms with Crippen LogP contribution >= 0.6 is 0 Å². The topological polar surface area (TPSA) is 65.2 Å². The monoisotopic (exact) mass is 332 g/mol. The van der Waals surface area contributed by atoms with Crippen LogP contribution in [0.5, 0.6) is 0 Å². The first-order chi connectivity index (χ1) is 10.7. The molecule has 0 aliphatic heterocycles. The maximum atomic E-state index is 13.2. The molecule has 0 aromatic carbocycles. The lowest BCUT2D eigenvalue weighted by Gasteiger charge is -2.22. The van der Waals surface area contributed by atoms with Crippen molar-refractivity contribution in [3.05, 3.63) is 29.0 Å². The summed E-state index contributed by atoms with van der Waals surface area (Å²) in [5, 5.41) is 0. The fourth-order valence-electron chi connectivity index (χ4n) is 2.37. The summed E-state index contributed by atoms with van der Waals surface area (Å²) >= 11 is 0. The maximum absolute atomic E-state index is 13.2. The standard InChI is InChI=1S/C15H16F4N2O2/c1-2-23-14(22)11-9(12(16)17)7-10(21-13(11)20)8-3-5-15(18,19)6-4-8/h3,7,12H,2,4-6H2,1H3,(H2,20,21). The van der Waals surface area contributed by atoms with E-state index in [1.807, 2.05) is 0 Å². The minimum absolute atomic E-state index is 0.000864. The van der Waals surface area contributed by atoms with E-state index >= 15 is 0 Å². The van der Waals surface area contributed by atoms with Gasteiger partial charge in [0.15, 0.2) is 0 Å². The molecule has 0 atom stereocenters. The second-order valence-electron chi connectivity index (χ2n) is 5.17. The van der Waals surface area contributed by atoms with Gasteiger partial charge in [0.2, 0.25) is 0 Å². The molecule has 0 radical (unpaired) electrons. The summed E-state index contributed by atoms with van der Waals surface area (Å²) in [6.07, 6.45) is -2.56. The van der Waals surface area contributed by atoms with Gasteiger partial charge in [-0.1, -0.05) is 6.08 Å². The number of halogens is 4. The molecule has 2 N–H and O–H groups in total. The number of nitrogens with zero attached hydrogens (tertiary/aromatic N) is 1. The van der Waals surface area contributed by atoms with Crippen molar-refractivity contribution in [3.8, 4) is 0 Å². The van der Waals surface area contributed by atoms with Crippen LogP contribution in [-0.4, -0.2) is 23.5 Å². The number of carbonyl (C=O) groups excluding carboxylic acids is 1. The molecular weight excluding hydrogens is 316 g/mol. The third-order valence-electron chi connectivity index (χ3n) is 3.53. The fraction of sp³-hybridized carbons (Fsp3) is 0.467. The Balaban J connectivity index is 2.45. The number of rotatable bonds is 4. The Morgan fingerprint density at radius 3 is 2.70 bits per heavy atom. The Morgan fingerprint density at radius 2 is 2.17 bits per heavy atom. The maximum Gasteiger partial charge on any atom is 0.342 e. The van der Waals surface area contributed by atoms with Crippen LogP contribution in [0.1, 0.15) is 54.2 Å². The van der Waals surface area contributed by atoms with Gasteiger partial charge in [0.1, 0.15) is 11.4 Å². The Hall–Kier alpha value is -2.12. The molecule has 23 heavy (non-hydrogen) atoms. The van der Waals surface area contributed by atoms with E-state index in [0.29, 0.717) is 5.57 Å². The Labute approximate surface area is 130 Å². The Kier molecular flexibility index (Phi) is 4.91. The molecule has 1 aromatic heterocycles. The number of esters is 1. The minimum atomic E-state index is -2.97. The van der Waals surface area contributed by atoms with E-state index in [0.717, 1.165) is 6.07 Å². The van der Waals surface area contributed by atoms with Gasteiger partial charge in [-0.2, -0.15) is 0 Å². The molecule has 0 unspecified atom stereocenters.